The van der Waals surface area contributed by atoms with Gasteiger partial charge in [0.1, 0.15) is 13.6 Å². The highest BCUT2D eigenvalue weighted by Crippen LogP contribution is 2.50. The number of carbonyl (C=O) groups excluding carboxylic acids is 2. The lowest BCUT2D eigenvalue weighted by Crippen LogP contribution is -2.57. The average molecular weight is 1180 g/mol. The molecule has 4 aromatic carbocycles. The maximum Gasteiger partial charge on any atom is 0.430 e. The molecule has 4 aromatic rings. The Morgan fingerprint density at radius 3 is 1.07 bits per heavy atom. The van der Waals surface area contributed by atoms with Crippen molar-refractivity contribution < 1.29 is 90.7 Å². The molecular weight excluding hydrogens is 1100 g/mol. The molecule has 0 heterocycles. The average Bonchev–Trinajstić information content (AvgIpc) is 3.31. The van der Waals surface area contributed by atoms with Crippen LogP contribution in [0.5, 0.6) is 0 Å². The van der Waals surface area contributed by atoms with E-state index in [4.69, 9.17) is 9.47 Å². The zero-order valence-corrected chi connectivity index (χ0v) is 48.3. The third-order valence-electron chi connectivity index (χ3n) is 14.9. The minimum Gasteiger partial charge on any atom is -0.466 e. The molecule has 8 nitrogen and oxygen atoms in total. The van der Waals surface area contributed by atoms with Gasteiger partial charge in [-0.1, -0.05) is 113 Å². The van der Waals surface area contributed by atoms with Crippen LogP contribution >= 0.6 is 0 Å². The van der Waals surface area contributed by atoms with Crippen LogP contribution in [-0.4, -0.2) is 88.9 Å². The van der Waals surface area contributed by atoms with Crippen LogP contribution in [0.3, 0.4) is 0 Å². The van der Waals surface area contributed by atoms with Crippen molar-refractivity contribution >= 4 is 30.2 Å². The molecular formula is C62H74F12O8. The Balaban J connectivity index is 0.000000430. The molecule has 0 unspecified atom stereocenters. The molecule has 0 aliphatic carbocycles. The van der Waals surface area contributed by atoms with Crippen molar-refractivity contribution in [2.24, 2.45) is 0 Å². The topological polar surface area (TPSA) is 89.5 Å². The highest BCUT2D eigenvalue weighted by molar-refractivity contribution is 5.87. The molecule has 454 valence electrons. The summed E-state index contributed by atoms with van der Waals surface area (Å²) in [5.41, 5.74) is -0.972. The van der Waals surface area contributed by atoms with Crippen LogP contribution in [0.15, 0.2) is 91.0 Å². The lowest BCUT2D eigenvalue weighted by Gasteiger charge is -2.35. The second-order valence-corrected chi connectivity index (χ2v) is 19.6. The van der Waals surface area contributed by atoms with Gasteiger partial charge in [0.05, 0.1) is 13.2 Å². The summed E-state index contributed by atoms with van der Waals surface area (Å²) in [6, 6.07) is 22.0. The van der Waals surface area contributed by atoms with Crippen molar-refractivity contribution in [1.82, 2.24) is 0 Å². The van der Waals surface area contributed by atoms with E-state index in [2.05, 4.69) is 25.0 Å². The van der Waals surface area contributed by atoms with Crippen LogP contribution in [0.1, 0.15) is 140 Å². The zero-order valence-electron chi connectivity index (χ0n) is 48.3. The van der Waals surface area contributed by atoms with Gasteiger partial charge in [0.15, 0.2) is 0 Å². The van der Waals surface area contributed by atoms with Crippen molar-refractivity contribution in [2.45, 2.75) is 154 Å². The van der Waals surface area contributed by atoms with Gasteiger partial charge < -0.3 is 28.4 Å². The van der Waals surface area contributed by atoms with Gasteiger partial charge in [0.2, 0.25) is 0 Å². The maximum absolute atomic E-state index is 13.7. The number of methoxy groups -OCH3 is 2. The van der Waals surface area contributed by atoms with Gasteiger partial charge in [-0.3, -0.25) is 4.79 Å². The van der Waals surface area contributed by atoms with E-state index < -0.39 is 66.3 Å². The minimum atomic E-state index is -5.77. The number of carbonyl (C=O) groups is 2. The Morgan fingerprint density at radius 2 is 0.780 bits per heavy atom. The van der Waals surface area contributed by atoms with E-state index in [-0.39, 0.29) is 42.3 Å². The summed E-state index contributed by atoms with van der Waals surface area (Å²) >= 11 is 0. The first-order chi connectivity index (χ1) is 38.2. The number of hydrogen-bond acceptors (Lipinski definition) is 8. The van der Waals surface area contributed by atoms with E-state index in [1.807, 2.05) is 71.9 Å². The van der Waals surface area contributed by atoms with E-state index in [1.165, 1.54) is 18.2 Å². The smallest absolute Gasteiger partial charge is 0.430 e. The maximum atomic E-state index is 13.7. The summed E-state index contributed by atoms with van der Waals surface area (Å²) in [4.78, 5) is 23.5. The fourth-order valence-electron chi connectivity index (χ4n) is 9.88. The number of rotatable bonds is 25. The number of benzene rings is 4. The molecule has 0 saturated carbocycles. The molecule has 0 amide bonds. The van der Waals surface area contributed by atoms with Gasteiger partial charge in [-0.25, -0.2) is 4.79 Å². The summed E-state index contributed by atoms with van der Waals surface area (Å²) < 4.78 is 192. The van der Waals surface area contributed by atoms with Crippen molar-refractivity contribution in [2.75, 3.05) is 41.0 Å². The Bertz CT molecular complexity index is 2790. The first kappa shape index (κ1) is 70.3. The number of halogens is 12. The molecule has 82 heavy (non-hydrogen) atoms. The fourth-order valence-corrected chi connectivity index (χ4v) is 9.88. The first-order valence-corrected chi connectivity index (χ1v) is 26.6. The summed E-state index contributed by atoms with van der Waals surface area (Å²) in [6.07, 6.45) is -14.9. The molecule has 0 fully saturated rings. The van der Waals surface area contributed by atoms with E-state index >= 15 is 0 Å². The standard InChI is InChI=1S/C31H38F6O4.C31H36F6O4/c2*1-7-28(8-2,25-13-10-23(21(4)18-25)12-15-27(38)40-9-3)26-14-11-24(22(5)19-26)16-17-29(30(32,33)34,31(35,36)37)41-20-39-6/h10-11,13-14,16-19H,7-9,12,15,20H2,1-6H3;10-19H,7-9,20H2,1-6H3/b17-16+;15-12+,17-16+. The molecule has 0 aliphatic heterocycles. The third kappa shape index (κ3) is 16.2. The van der Waals surface area contributed by atoms with E-state index in [9.17, 15) is 62.3 Å². The van der Waals surface area contributed by atoms with E-state index in [1.54, 1.807) is 58.0 Å². The molecule has 0 N–H and O–H groups in total. The predicted molar refractivity (Wildman–Crippen MR) is 292 cm³/mol. The quantitative estimate of drug-likeness (QED) is 0.0281. The van der Waals surface area contributed by atoms with Gasteiger partial charge in [0.25, 0.3) is 11.2 Å². The van der Waals surface area contributed by atoms with Crippen LogP contribution in [0.25, 0.3) is 18.2 Å². The van der Waals surface area contributed by atoms with Crippen LogP contribution < -0.4 is 0 Å². The van der Waals surface area contributed by atoms with Crippen LogP contribution in [0.4, 0.5) is 52.7 Å². The summed E-state index contributed by atoms with van der Waals surface area (Å²) in [5, 5.41) is 0. The molecule has 0 aromatic heterocycles. The number of hydrogen-bond donors (Lipinski definition) is 0. The molecule has 0 bridgehead atoms. The normalized spacial score (nSPS) is 13.3. The summed E-state index contributed by atoms with van der Waals surface area (Å²) in [6.45, 7) is 17.0. The molecule has 0 saturated heterocycles. The number of ether oxygens (including phenoxy) is 6. The minimum absolute atomic E-state index is 0.000697. The van der Waals surface area contributed by atoms with E-state index in [0.29, 0.717) is 49.8 Å². The Kier molecular flexibility index (Phi) is 25.3. The van der Waals surface area contributed by atoms with Gasteiger partial charge in [-0.05, 0) is 159 Å². The zero-order chi connectivity index (χ0) is 62.1. The molecule has 0 radical (unpaired) electrons. The van der Waals surface area contributed by atoms with Crippen LogP contribution in [0.2, 0.25) is 0 Å². The number of aryl methyl sites for hydroxylation is 5. The fraction of sp³-hybridized carbons (Fsp3) is 0.484. The van der Waals surface area contributed by atoms with Gasteiger partial charge in [0, 0.05) is 37.5 Å². The SMILES string of the molecule is CCOC(=O)/C=C/c1ccc(C(CC)(CC)c2ccc(/C=C/C(OCOC)(C(F)(F)F)C(F)(F)F)c(C)c2)cc1C.CCOC(=O)CCc1ccc(C(CC)(CC)c2ccc(/C=C/C(OCOC)(C(F)(F)F)C(F)(F)F)c(C)c2)cc1C. The summed E-state index contributed by atoms with van der Waals surface area (Å²) in [7, 11) is 1.88. The molecule has 0 spiro atoms. The lowest BCUT2D eigenvalue weighted by molar-refractivity contribution is -0.372. The van der Waals surface area contributed by atoms with Gasteiger partial charge in [-0.15, -0.1) is 0 Å². The van der Waals surface area contributed by atoms with Crippen LogP contribution in [-0.2, 0) is 55.3 Å². The van der Waals surface area contributed by atoms with Crippen molar-refractivity contribution in [3.05, 3.63) is 158 Å². The Morgan fingerprint density at radius 1 is 0.451 bits per heavy atom. The van der Waals surface area contributed by atoms with Gasteiger partial charge >= 0.3 is 36.6 Å². The van der Waals surface area contributed by atoms with E-state index in [0.717, 1.165) is 70.9 Å². The highest BCUT2D eigenvalue weighted by Gasteiger charge is 2.72. The number of esters is 2. The highest BCUT2D eigenvalue weighted by atomic mass is 19.4. The largest absolute Gasteiger partial charge is 0.466 e. The first-order valence-electron chi connectivity index (χ1n) is 26.6. The monoisotopic (exact) mass is 1170 g/mol. The molecule has 20 heteroatoms. The predicted octanol–water partition coefficient (Wildman–Crippen LogP) is 16.9. The number of alkyl halides is 12. The third-order valence-corrected chi connectivity index (χ3v) is 14.9. The Labute approximate surface area is 472 Å². The molecule has 0 atom stereocenters. The van der Waals surface area contributed by atoms with Crippen LogP contribution in [0, 0.1) is 27.7 Å². The second-order valence-electron chi connectivity index (χ2n) is 19.6. The van der Waals surface area contributed by atoms with Crippen molar-refractivity contribution in [3.63, 3.8) is 0 Å². The molecule has 0 aliphatic rings. The van der Waals surface area contributed by atoms with Gasteiger partial charge in [-0.2, -0.15) is 52.7 Å². The summed E-state index contributed by atoms with van der Waals surface area (Å²) in [5.74, 6) is -0.699. The molecule has 4 rings (SSSR count). The Hall–Kier alpha value is -5.96. The second kappa shape index (κ2) is 29.5. The van der Waals surface area contributed by atoms with Crippen molar-refractivity contribution in [3.8, 4) is 0 Å². The lowest BCUT2D eigenvalue weighted by atomic mass is 9.69. The van der Waals surface area contributed by atoms with Crippen molar-refractivity contribution in [1.29, 1.82) is 0 Å².